The minimum atomic E-state index is -4.77. The van der Waals surface area contributed by atoms with Gasteiger partial charge in [0.05, 0.1) is 11.2 Å². The Kier molecular flexibility index (Phi) is 6.36. The van der Waals surface area contributed by atoms with E-state index in [-0.39, 0.29) is 5.65 Å². The van der Waals surface area contributed by atoms with Crippen LogP contribution >= 0.6 is 11.6 Å². The van der Waals surface area contributed by atoms with Crippen LogP contribution in [-0.2, 0) is 6.18 Å². The molecule has 0 bridgehead atoms. The van der Waals surface area contributed by atoms with Crippen molar-refractivity contribution in [2.24, 2.45) is 0 Å². The number of nitriles is 1. The predicted octanol–water partition coefficient (Wildman–Crippen LogP) is 6.42. The van der Waals surface area contributed by atoms with Gasteiger partial charge in [-0.1, -0.05) is 31.5 Å². The second-order valence-corrected chi connectivity index (χ2v) is 8.11. The standard InChI is InChI=1S/C22H16ClF3N6.C2H6/c1-12-18(15-6-7-28-17-10-13(23)4-5-14(15)17)21(31-8-2-3-9-31)32-20(29-12)16(11-27)19(30-32)22(24,25)26;1-2/h4-7,10H,2-3,8-9H2,1H3;1-2H3. The largest absolute Gasteiger partial charge is 0.436 e. The summed E-state index contributed by atoms with van der Waals surface area (Å²) in [6.45, 7) is 7.07. The van der Waals surface area contributed by atoms with Crippen molar-refractivity contribution in [3.05, 3.63) is 52.4 Å². The summed E-state index contributed by atoms with van der Waals surface area (Å²) in [4.78, 5) is 10.8. The lowest BCUT2D eigenvalue weighted by Gasteiger charge is -2.24. The van der Waals surface area contributed by atoms with Crippen LogP contribution in [0.3, 0.4) is 0 Å². The van der Waals surface area contributed by atoms with Gasteiger partial charge in [0.25, 0.3) is 0 Å². The van der Waals surface area contributed by atoms with Gasteiger partial charge in [-0.3, -0.25) is 4.98 Å². The van der Waals surface area contributed by atoms with Crippen molar-refractivity contribution in [1.29, 1.82) is 5.26 Å². The van der Waals surface area contributed by atoms with E-state index in [2.05, 4.69) is 15.1 Å². The van der Waals surface area contributed by atoms with Crippen LogP contribution in [0, 0.1) is 18.3 Å². The maximum atomic E-state index is 13.7. The zero-order chi connectivity index (χ0) is 24.6. The first-order chi connectivity index (χ1) is 16.3. The topological polar surface area (TPSA) is 70.1 Å². The van der Waals surface area contributed by atoms with Gasteiger partial charge in [-0.25, -0.2) is 4.98 Å². The fourth-order valence-electron chi connectivity index (χ4n) is 4.32. The van der Waals surface area contributed by atoms with E-state index in [9.17, 15) is 18.4 Å². The van der Waals surface area contributed by atoms with Crippen LogP contribution in [0.15, 0.2) is 30.5 Å². The number of hydrogen-bond donors (Lipinski definition) is 0. The highest BCUT2D eigenvalue weighted by molar-refractivity contribution is 6.31. The minimum Gasteiger partial charge on any atom is -0.356 e. The van der Waals surface area contributed by atoms with E-state index in [1.54, 1.807) is 31.3 Å². The number of halogens is 4. The molecule has 176 valence electrons. The summed E-state index contributed by atoms with van der Waals surface area (Å²) < 4.78 is 42.2. The molecule has 0 amide bonds. The number of aryl methyl sites for hydroxylation is 1. The summed E-state index contributed by atoms with van der Waals surface area (Å²) in [6.07, 6.45) is -1.31. The molecule has 1 fully saturated rings. The van der Waals surface area contributed by atoms with Crippen molar-refractivity contribution in [1.82, 2.24) is 19.6 Å². The van der Waals surface area contributed by atoms with Crippen molar-refractivity contribution in [3.8, 4) is 17.2 Å². The van der Waals surface area contributed by atoms with Gasteiger partial charge in [0.1, 0.15) is 17.5 Å². The van der Waals surface area contributed by atoms with Crippen LogP contribution in [0.4, 0.5) is 19.0 Å². The molecule has 1 saturated heterocycles. The first-order valence-electron chi connectivity index (χ1n) is 11.0. The molecule has 1 aromatic carbocycles. The molecule has 0 N–H and O–H groups in total. The zero-order valence-electron chi connectivity index (χ0n) is 18.9. The summed E-state index contributed by atoms with van der Waals surface area (Å²) in [5.41, 5.74) is 0.708. The third-order valence-electron chi connectivity index (χ3n) is 5.68. The van der Waals surface area contributed by atoms with Crippen molar-refractivity contribution < 1.29 is 13.2 Å². The van der Waals surface area contributed by atoms with Crippen LogP contribution in [0.1, 0.15) is 43.6 Å². The first-order valence-corrected chi connectivity index (χ1v) is 11.4. The minimum absolute atomic E-state index is 0.0932. The molecule has 1 aliphatic rings. The summed E-state index contributed by atoms with van der Waals surface area (Å²) in [6, 6.07) is 8.78. The predicted molar refractivity (Wildman–Crippen MR) is 126 cm³/mol. The lowest BCUT2D eigenvalue weighted by Crippen LogP contribution is -2.23. The Morgan fingerprint density at radius 2 is 1.82 bits per heavy atom. The quantitative estimate of drug-likeness (QED) is 0.327. The Balaban J connectivity index is 0.00000133. The number of nitrogens with zero attached hydrogens (tertiary/aromatic N) is 6. The summed E-state index contributed by atoms with van der Waals surface area (Å²) in [7, 11) is 0. The lowest BCUT2D eigenvalue weighted by atomic mass is 10.00. The number of hydrogen-bond acceptors (Lipinski definition) is 5. The van der Waals surface area contributed by atoms with Crippen LogP contribution in [0.5, 0.6) is 0 Å². The molecule has 5 rings (SSSR count). The second-order valence-electron chi connectivity index (χ2n) is 7.68. The Labute approximate surface area is 199 Å². The number of anilines is 1. The smallest absolute Gasteiger partial charge is 0.356 e. The highest BCUT2D eigenvalue weighted by Crippen LogP contribution is 2.41. The molecule has 0 saturated carbocycles. The maximum Gasteiger partial charge on any atom is 0.436 e. The van der Waals surface area contributed by atoms with Crippen molar-refractivity contribution in [3.63, 3.8) is 0 Å². The lowest BCUT2D eigenvalue weighted by molar-refractivity contribution is -0.141. The molecular formula is C24H22ClF3N6. The SMILES string of the molecule is CC.Cc1nc2c(C#N)c(C(F)(F)F)nn2c(N2CCCC2)c1-c1ccnc2cc(Cl)ccc12. The van der Waals surface area contributed by atoms with Crippen LogP contribution < -0.4 is 4.90 Å². The monoisotopic (exact) mass is 486 g/mol. The van der Waals surface area contributed by atoms with E-state index >= 15 is 0 Å². The number of aromatic nitrogens is 4. The van der Waals surface area contributed by atoms with Crippen molar-refractivity contribution in [2.75, 3.05) is 18.0 Å². The molecule has 34 heavy (non-hydrogen) atoms. The number of rotatable bonds is 2. The Morgan fingerprint density at radius 3 is 2.47 bits per heavy atom. The number of benzene rings is 1. The van der Waals surface area contributed by atoms with Crippen molar-refractivity contribution >= 4 is 34.0 Å². The normalized spacial score (nSPS) is 13.8. The third-order valence-corrected chi connectivity index (χ3v) is 5.92. The van der Waals surface area contributed by atoms with Gasteiger partial charge in [-0.15, -0.1) is 0 Å². The highest BCUT2D eigenvalue weighted by atomic mass is 35.5. The van der Waals surface area contributed by atoms with Crippen LogP contribution in [0.25, 0.3) is 27.7 Å². The summed E-state index contributed by atoms with van der Waals surface area (Å²) >= 11 is 6.13. The van der Waals surface area contributed by atoms with Gasteiger partial charge in [0.15, 0.2) is 11.3 Å². The average molecular weight is 487 g/mol. The molecule has 0 radical (unpaired) electrons. The second kappa shape index (κ2) is 9.11. The summed E-state index contributed by atoms with van der Waals surface area (Å²) in [5.74, 6) is 0.499. The van der Waals surface area contributed by atoms with Crippen LogP contribution in [0.2, 0.25) is 5.02 Å². The van der Waals surface area contributed by atoms with E-state index in [1.807, 2.05) is 30.9 Å². The van der Waals surface area contributed by atoms with Crippen LogP contribution in [-0.4, -0.2) is 32.7 Å². The molecule has 10 heteroatoms. The molecule has 4 aromatic rings. The van der Waals surface area contributed by atoms with Gasteiger partial charge >= 0.3 is 6.18 Å². The molecule has 6 nitrogen and oxygen atoms in total. The van der Waals surface area contributed by atoms with Gasteiger partial charge in [-0.2, -0.15) is 28.0 Å². The molecule has 0 atom stereocenters. The van der Waals surface area contributed by atoms with E-state index < -0.39 is 17.4 Å². The Morgan fingerprint density at radius 1 is 1.12 bits per heavy atom. The first kappa shape index (κ1) is 23.8. The molecule has 0 unspecified atom stereocenters. The Hall–Kier alpha value is -3.38. The molecule has 1 aliphatic heterocycles. The van der Waals surface area contributed by atoms with E-state index in [4.69, 9.17) is 11.6 Å². The molecule has 0 aliphatic carbocycles. The number of fused-ring (bicyclic) bond motifs is 2. The fraction of sp³-hybridized carbons (Fsp3) is 0.333. The van der Waals surface area contributed by atoms with Gasteiger partial charge in [0.2, 0.25) is 0 Å². The highest BCUT2D eigenvalue weighted by Gasteiger charge is 2.40. The maximum absolute atomic E-state index is 13.7. The molecule has 4 heterocycles. The van der Waals surface area contributed by atoms with Crippen molar-refractivity contribution in [2.45, 2.75) is 39.8 Å². The van der Waals surface area contributed by atoms with E-state index in [0.717, 1.165) is 23.8 Å². The molecule has 0 spiro atoms. The number of alkyl halides is 3. The van der Waals surface area contributed by atoms with E-state index in [0.29, 0.717) is 40.7 Å². The van der Waals surface area contributed by atoms with Gasteiger partial charge in [-0.05, 0) is 43.5 Å². The Bertz CT molecular complexity index is 1410. The fourth-order valence-corrected chi connectivity index (χ4v) is 4.49. The summed E-state index contributed by atoms with van der Waals surface area (Å²) in [5, 5.41) is 14.7. The average Bonchev–Trinajstić information content (AvgIpc) is 3.47. The molecule has 3 aromatic heterocycles. The van der Waals surface area contributed by atoms with Gasteiger partial charge < -0.3 is 4.90 Å². The molecular weight excluding hydrogens is 465 g/mol. The van der Waals surface area contributed by atoms with E-state index in [1.165, 1.54) is 4.52 Å². The zero-order valence-corrected chi connectivity index (χ0v) is 19.7. The number of pyridine rings is 1. The third kappa shape index (κ3) is 3.92. The van der Waals surface area contributed by atoms with Gasteiger partial charge in [0, 0.05) is 35.3 Å².